The Morgan fingerprint density at radius 1 is 1.30 bits per heavy atom. The van der Waals surface area contributed by atoms with E-state index < -0.39 is 12.7 Å². The summed E-state index contributed by atoms with van der Waals surface area (Å²) in [5.41, 5.74) is 0.653. The van der Waals surface area contributed by atoms with Gasteiger partial charge in [-0.05, 0) is 37.0 Å². The van der Waals surface area contributed by atoms with E-state index in [4.69, 9.17) is 0 Å². The summed E-state index contributed by atoms with van der Waals surface area (Å²) in [6.07, 6.45) is 0.00730. The Labute approximate surface area is 135 Å². The van der Waals surface area contributed by atoms with Crippen LogP contribution in [0.5, 0.6) is 5.75 Å². The highest BCUT2D eigenvalue weighted by Crippen LogP contribution is 2.20. The number of hydrogen-bond acceptors (Lipinski definition) is 3. The van der Waals surface area contributed by atoms with E-state index in [0.717, 1.165) is 0 Å². The normalized spacial score (nSPS) is 13.7. The van der Waals surface area contributed by atoms with Gasteiger partial charge in [-0.25, -0.2) is 4.79 Å². The number of aliphatic hydroxyl groups excluding tert-OH is 1. The van der Waals surface area contributed by atoms with Crippen molar-refractivity contribution in [2.24, 2.45) is 5.92 Å². The molecule has 7 heteroatoms. The number of urea groups is 1. The van der Waals surface area contributed by atoms with Crippen LogP contribution in [0.4, 0.5) is 13.6 Å². The lowest BCUT2D eigenvalue weighted by molar-refractivity contribution is -0.0499. The van der Waals surface area contributed by atoms with Crippen molar-refractivity contribution < 1.29 is 23.4 Å². The maximum Gasteiger partial charge on any atom is 0.387 e. The summed E-state index contributed by atoms with van der Waals surface area (Å²) in [6, 6.07) is 5.43. The fourth-order valence-corrected chi connectivity index (χ4v) is 1.96. The maximum atomic E-state index is 12.2. The number of carbonyl (C=O) groups is 1. The Morgan fingerprint density at radius 3 is 2.61 bits per heavy atom. The van der Waals surface area contributed by atoms with Crippen molar-refractivity contribution in [3.63, 3.8) is 0 Å². The first-order valence-corrected chi connectivity index (χ1v) is 7.56. The van der Waals surface area contributed by atoms with E-state index in [0.29, 0.717) is 18.5 Å². The Kier molecular flexibility index (Phi) is 7.74. The summed E-state index contributed by atoms with van der Waals surface area (Å²) < 4.78 is 28.7. The summed E-state index contributed by atoms with van der Waals surface area (Å²) in [4.78, 5) is 11.8. The molecule has 2 amide bonds. The molecule has 2 unspecified atom stereocenters. The van der Waals surface area contributed by atoms with E-state index in [-0.39, 0.29) is 23.7 Å². The van der Waals surface area contributed by atoms with Crippen molar-refractivity contribution in [2.45, 2.75) is 45.9 Å². The number of benzene rings is 1. The summed E-state index contributed by atoms with van der Waals surface area (Å²) >= 11 is 0. The van der Waals surface area contributed by atoms with Crippen LogP contribution >= 0.6 is 0 Å². The standard InChI is InChI=1S/C16H24F2N2O3/c1-10(2)14(21)7-8-19-16(22)20-11(3)12-5-4-6-13(9-12)23-15(17)18/h4-6,9-11,14-15,21H,7-8H2,1-3H3,(H2,19,20,22). The number of nitrogens with one attached hydrogen (secondary N) is 2. The van der Waals surface area contributed by atoms with Gasteiger partial charge in [0.1, 0.15) is 5.75 Å². The van der Waals surface area contributed by atoms with Crippen molar-refractivity contribution in [3.05, 3.63) is 29.8 Å². The number of amides is 2. The number of carbonyl (C=O) groups excluding carboxylic acids is 1. The molecule has 5 nitrogen and oxygen atoms in total. The molecule has 1 aromatic rings. The minimum atomic E-state index is -2.89. The predicted octanol–water partition coefficient (Wildman–Crippen LogP) is 3.06. The molecule has 0 aliphatic carbocycles. The van der Waals surface area contributed by atoms with Gasteiger partial charge in [0.05, 0.1) is 12.1 Å². The number of aliphatic hydroxyl groups is 1. The van der Waals surface area contributed by atoms with Gasteiger partial charge >= 0.3 is 12.6 Å². The zero-order valence-electron chi connectivity index (χ0n) is 13.6. The molecule has 0 spiro atoms. The van der Waals surface area contributed by atoms with E-state index in [2.05, 4.69) is 15.4 Å². The quantitative estimate of drug-likeness (QED) is 0.686. The van der Waals surface area contributed by atoms with Gasteiger partial charge in [-0.1, -0.05) is 26.0 Å². The summed E-state index contributed by atoms with van der Waals surface area (Å²) in [7, 11) is 0. The first-order chi connectivity index (χ1) is 10.8. The van der Waals surface area contributed by atoms with E-state index >= 15 is 0 Å². The average Bonchev–Trinajstić information content (AvgIpc) is 2.46. The van der Waals surface area contributed by atoms with Crippen molar-refractivity contribution in [1.29, 1.82) is 0 Å². The van der Waals surface area contributed by atoms with Crippen LogP contribution in [-0.2, 0) is 0 Å². The second-order valence-corrected chi connectivity index (χ2v) is 5.67. The van der Waals surface area contributed by atoms with Crippen LogP contribution in [0.1, 0.15) is 38.8 Å². The lowest BCUT2D eigenvalue weighted by atomic mass is 10.0. The van der Waals surface area contributed by atoms with E-state index in [1.807, 2.05) is 13.8 Å². The molecular weight excluding hydrogens is 306 g/mol. The van der Waals surface area contributed by atoms with E-state index in [1.54, 1.807) is 19.1 Å². The highest BCUT2D eigenvalue weighted by molar-refractivity contribution is 5.74. The molecule has 0 aliphatic heterocycles. The first kappa shape index (κ1) is 19.2. The SMILES string of the molecule is CC(NC(=O)NCCC(O)C(C)C)c1cccc(OC(F)F)c1. The van der Waals surface area contributed by atoms with E-state index in [9.17, 15) is 18.7 Å². The van der Waals surface area contributed by atoms with Gasteiger partial charge < -0.3 is 20.5 Å². The topological polar surface area (TPSA) is 70.6 Å². The molecule has 2 atom stereocenters. The van der Waals surface area contributed by atoms with Crippen LogP contribution in [0.2, 0.25) is 0 Å². The number of alkyl halides is 2. The van der Waals surface area contributed by atoms with Crippen molar-refractivity contribution in [1.82, 2.24) is 10.6 Å². The van der Waals surface area contributed by atoms with Crippen LogP contribution in [0.15, 0.2) is 24.3 Å². The summed E-state index contributed by atoms with van der Waals surface area (Å²) in [5.74, 6) is 0.183. The van der Waals surface area contributed by atoms with Crippen molar-refractivity contribution >= 4 is 6.03 Å². The van der Waals surface area contributed by atoms with Gasteiger partial charge in [0, 0.05) is 6.54 Å². The Balaban J connectivity index is 2.46. The molecule has 1 aromatic carbocycles. The van der Waals surface area contributed by atoms with E-state index in [1.165, 1.54) is 12.1 Å². The van der Waals surface area contributed by atoms with Gasteiger partial charge in [0.15, 0.2) is 0 Å². The highest BCUT2D eigenvalue weighted by Gasteiger charge is 2.13. The van der Waals surface area contributed by atoms with Crippen LogP contribution in [0.25, 0.3) is 0 Å². The Bertz CT molecular complexity index is 498. The molecule has 0 bridgehead atoms. The molecule has 0 aromatic heterocycles. The van der Waals surface area contributed by atoms with Crippen LogP contribution in [-0.4, -0.2) is 30.4 Å². The van der Waals surface area contributed by atoms with Gasteiger partial charge in [-0.15, -0.1) is 0 Å². The molecule has 0 saturated carbocycles. The summed E-state index contributed by atoms with van der Waals surface area (Å²) in [5, 5.41) is 15.0. The second kappa shape index (κ2) is 9.29. The Hall–Kier alpha value is -1.89. The molecule has 3 N–H and O–H groups in total. The molecule has 0 heterocycles. The van der Waals surface area contributed by atoms with Crippen LogP contribution in [0.3, 0.4) is 0 Å². The van der Waals surface area contributed by atoms with Gasteiger partial charge in [0.2, 0.25) is 0 Å². The van der Waals surface area contributed by atoms with Crippen LogP contribution < -0.4 is 15.4 Å². The molecular formula is C16H24F2N2O3. The fourth-order valence-electron chi connectivity index (χ4n) is 1.96. The molecule has 23 heavy (non-hydrogen) atoms. The third kappa shape index (κ3) is 7.27. The zero-order valence-corrected chi connectivity index (χ0v) is 13.6. The third-order valence-corrected chi connectivity index (χ3v) is 3.43. The van der Waals surface area contributed by atoms with Gasteiger partial charge in [0.25, 0.3) is 0 Å². The minimum Gasteiger partial charge on any atom is -0.435 e. The summed E-state index contributed by atoms with van der Waals surface area (Å²) in [6.45, 7) is 3.02. The molecule has 130 valence electrons. The minimum absolute atomic E-state index is 0.0478. The highest BCUT2D eigenvalue weighted by atomic mass is 19.3. The monoisotopic (exact) mass is 330 g/mol. The fraction of sp³-hybridized carbons (Fsp3) is 0.562. The number of hydrogen-bond donors (Lipinski definition) is 3. The average molecular weight is 330 g/mol. The molecule has 0 aliphatic rings. The molecule has 1 rings (SSSR count). The van der Waals surface area contributed by atoms with Crippen LogP contribution in [0, 0.1) is 5.92 Å². The van der Waals surface area contributed by atoms with Crippen molar-refractivity contribution in [2.75, 3.05) is 6.54 Å². The van der Waals surface area contributed by atoms with Gasteiger partial charge in [-0.2, -0.15) is 8.78 Å². The molecule has 0 saturated heterocycles. The van der Waals surface area contributed by atoms with Crippen molar-refractivity contribution in [3.8, 4) is 5.75 Å². The Morgan fingerprint density at radius 2 is 2.00 bits per heavy atom. The number of ether oxygens (including phenoxy) is 1. The molecule has 0 fully saturated rings. The predicted molar refractivity (Wildman–Crippen MR) is 83.5 cm³/mol. The number of rotatable bonds is 8. The first-order valence-electron chi connectivity index (χ1n) is 7.56. The molecule has 0 radical (unpaired) electrons. The maximum absolute atomic E-state index is 12.2. The largest absolute Gasteiger partial charge is 0.435 e. The lowest BCUT2D eigenvalue weighted by Gasteiger charge is -2.17. The third-order valence-electron chi connectivity index (χ3n) is 3.43. The smallest absolute Gasteiger partial charge is 0.387 e. The number of halogens is 2. The lowest BCUT2D eigenvalue weighted by Crippen LogP contribution is -2.38. The zero-order chi connectivity index (χ0) is 17.4. The second-order valence-electron chi connectivity index (χ2n) is 5.67. The van der Waals surface area contributed by atoms with Gasteiger partial charge in [-0.3, -0.25) is 0 Å².